The summed E-state index contributed by atoms with van der Waals surface area (Å²) in [6, 6.07) is 15.0. The summed E-state index contributed by atoms with van der Waals surface area (Å²) in [6.07, 6.45) is 1.84. The highest BCUT2D eigenvalue weighted by Gasteiger charge is 2.17. The van der Waals surface area contributed by atoms with Crippen LogP contribution < -0.4 is 5.32 Å². The van der Waals surface area contributed by atoms with Crippen LogP contribution in [0.5, 0.6) is 0 Å². The molecule has 2 aromatic heterocycles. The topological polar surface area (TPSA) is 24.9 Å². The van der Waals surface area contributed by atoms with Gasteiger partial charge in [0.25, 0.3) is 0 Å². The molecule has 1 atom stereocenters. The van der Waals surface area contributed by atoms with E-state index in [0.717, 1.165) is 15.8 Å². The average molecular weight is 347 g/mol. The Kier molecular flexibility index (Phi) is 4.15. The molecule has 0 bridgehead atoms. The van der Waals surface area contributed by atoms with E-state index < -0.39 is 0 Å². The van der Waals surface area contributed by atoms with Crippen molar-refractivity contribution in [2.24, 2.45) is 0 Å². The number of nitrogens with zero attached hydrogens (tertiary/aromatic N) is 1. The summed E-state index contributed by atoms with van der Waals surface area (Å²) in [6.45, 7) is 3.07. The van der Waals surface area contributed by atoms with Crippen LogP contribution in [0.2, 0.25) is 0 Å². The number of fused-ring (bicyclic) bond motifs is 1. The third-order valence-corrected chi connectivity index (χ3v) is 4.97. The van der Waals surface area contributed by atoms with E-state index in [0.29, 0.717) is 0 Å². The number of nitrogens with one attached hydrogen (secondary N) is 1. The number of thiophene rings is 1. The molecule has 20 heavy (non-hydrogen) atoms. The van der Waals surface area contributed by atoms with Gasteiger partial charge in [-0.15, -0.1) is 11.3 Å². The van der Waals surface area contributed by atoms with Crippen molar-refractivity contribution in [2.75, 3.05) is 6.54 Å². The summed E-state index contributed by atoms with van der Waals surface area (Å²) < 4.78 is 1.16. The van der Waals surface area contributed by atoms with Crippen molar-refractivity contribution in [3.8, 4) is 0 Å². The minimum absolute atomic E-state index is 0.212. The molecule has 0 aliphatic heterocycles. The summed E-state index contributed by atoms with van der Waals surface area (Å²) in [4.78, 5) is 5.76. The maximum absolute atomic E-state index is 4.45. The average Bonchev–Trinajstić information content (AvgIpc) is 2.91. The summed E-state index contributed by atoms with van der Waals surface area (Å²) >= 11 is 5.33. The molecule has 4 heteroatoms. The van der Waals surface area contributed by atoms with Crippen LogP contribution in [0.1, 0.15) is 23.4 Å². The molecule has 1 aromatic carbocycles. The van der Waals surface area contributed by atoms with Crippen molar-refractivity contribution in [1.29, 1.82) is 0 Å². The smallest absolute Gasteiger partial charge is 0.0705 e. The van der Waals surface area contributed by atoms with Gasteiger partial charge < -0.3 is 5.32 Å². The number of aromatic nitrogens is 1. The van der Waals surface area contributed by atoms with E-state index >= 15 is 0 Å². The van der Waals surface area contributed by atoms with Crippen molar-refractivity contribution in [3.05, 3.63) is 62.9 Å². The number of rotatable bonds is 4. The molecule has 2 nitrogen and oxygen atoms in total. The molecule has 3 rings (SSSR count). The largest absolute Gasteiger partial charge is 0.306 e. The van der Waals surface area contributed by atoms with Crippen LogP contribution in [0, 0.1) is 0 Å². The lowest BCUT2D eigenvalue weighted by Gasteiger charge is -2.18. The molecule has 3 aromatic rings. The predicted octanol–water partition coefficient (Wildman–Crippen LogP) is 4.76. The molecule has 0 fully saturated rings. The van der Waals surface area contributed by atoms with Gasteiger partial charge in [-0.3, -0.25) is 4.98 Å². The quantitative estimate of drug-likeness (QED) is 0.736. The van der Waals surface area contributed by atoms with Gasteiger partial charge in [0.1, 0.15) is 0 Å². The minimum atomic E-state index is 0.212. The van der Waals surface area contributed by atoms with Gasteiger partial charge >= 0.3 is 0 Å². The van der Waals surface area contributed by atoms with Gasteiger partial charge in [-0.2, -0.15) is 0 Å². The highest BCUT2D eigenvalue weighted by atomic mass is 79.9. The number of hydrogen-bond donors (Lipinski definition) is 1. The minimum Gasteiger partial charge on any atom is -0.306 e. The molecule has 1 N–H and O–H groups in total. The number of halogens is 1. The van der Waals surface area contributed by atoms with E-state index in [9.17, 15) is 0 Å². The fourth-order valence-corrected chi connectivity index (χ4v) is 3.95. The first-order valence-corrected chi connectivity index (χ1v) is 8.23. The third-order valence-electron chi connectivity index (χ3n) is 3.28. The molecule has 1 unspecified atom stereocenters. The normalized spacial score (nSPS) is 12.7. The summed E-state index contributed by atoms with van der Waals surface area (Å²) in [7, 11) is 0. The molecule has 2 heterocycles. The van der Waals surface area contributed by atoms with Crippen molar-refractivity contribution in [1.82, 2.24) is 10.3 Å². The van der Waals surface area contributed by atoms with E-state index in [4.69, 9.17) is 0 Å². The Morgan fingerprint density at radius 3 is 2.85 bits per heavy atom. The standard InChI is InChI=1S/C16H15BrN2S/c1-2-18-16(14-8-9-15(17)20-14)12-5-3-7-13-11(12)6-4-10-19-13/h3-10,16,18H,2H2,1H3. The van der Waals surface area contributed by atoms with Crippen LogP contribution in [-0.4, -0.2) is 11.5 Å². The number of benzene rings is 1. The summed E-state index contributed by atoms with van der Waals surface area (Å²) in [5.41, 5.74) is 2.33. The zero-order valence-electron chi connectivity index (χ0n) is 11.1. The van der Waals surface area contributed by atoms with E-state index in [2.05, 4.69) is 69.6 Å². The molecular formula is C16H15BrN2S. The van der Waals surface area contributed by atoms with Crippen LogP contribution in [0.15, 0.2) is 52.4 Å². The second-order valence-electron chi connectivity index (χ2n) is 4.55. The molecule has 0 radical (unpaired) electrons. The van der Waals surface area contributed by atoms with Gasteiger partial charge in [0, 0.05) is 16.5 Å². The first-order chi connectivity index (χ1) is 9.79. The van der Waals surface area contributed by atoms with Gasteiger partial charge in [-0.05, 0) is 52.3 Å². The highest BCUT2D eigenvalue weighted by Crippen LogP contribution is 2.34. The van der Waals surface area contributed by atoms with Crippen LogP contribution in [0.3, 0.4) is 0 Å². The Morgan fingerprint density at radius 1 is 1.20 bits per heavy atom. The Bertz CT molecular complexity index is 718. The number of hydrogen-bond acceptors (Lipinski definition) is 3. The van der Waals surface area contributed by atoms with Crippen LogP contribution >= 0.6 is 27.3 Å². The fraction of sp³-hybridized carbons (Fsp3) is 0.188. The van der Waals surface area contributed by atoms with Gasteiger partial charge in [-0.25, -0.2) is 0 Å². The van der Waals surface area contributed by atoms with Crippen molar-refractivity contribution >= 4 is 38.2 Å². The lowest BCUT2D eigenvalue weighted by Crippen LogP contribution is -2.21. The molecule has 0 saturated heterocycles. The second kappa shape index (κ2) is 6.04. The maximum Gasteiger partial charge on any atom is 0.0705 e. The van der Waals surface area contributed by atoms with E-state index in [1.54, 1.807) is 11.3 Å². The number of pyridine rings is 1. The summed E-state index contributed by atoms with van der Waals surface area (Å²) in [5, 5.41) is 4.80. The molecule has 0 saturated carbocycles. The Labute approximate surface area is 131 Å². The Hall–Kier alpha value is -1.23. The first kappa shape index (κ1) is 13.7. The zero-order chi connectivity index (χ0) is 13.9. The van der Waals surface area contributed by atoms with E-state index in [1.165, 1.54) is 15.8 Å². The lowest BCUT2D eigenvalue weighted by atomic mass is 10.00. The maximum atomic E-state index is 4.45. The van der Waals surface area contributed by atoms with Crippen LogP contribution in [0.25, 0.3) is 10.9 Å². The summed E-state index contributed by atoms with van der Waals surface area (Å²) in [5.74, 6) is 0. The molecule has 0 aliphatic carbocycles. The SMILES string of the molecule is CCNC(c1ccc(Br)s1)c1cccc2ncccc12. The Balaban J connectivity index is 2.14. The lowest BCUT2D eigenvalue weighted by molar-refractivity contribution is 0.643. The van der Waals surface area contributed by atoms with Crippen molar-refractivity contribution in [2.45, 2.75) is 13.0 Å². The van der Waals surface area contributed by atoms with Gasteiger partial charge in [-0.1, -0.05) is 25.1 Å². The van der Waals surface area contributed by atoms with E-state index in [1.807, 2.05) is 12.3 Å². The molecule has 102 valence electrons. The predicted molar refractivity (Wildman–Crippen MR) is 89.3 cm³/mol. The molecule has 0 aliphatic rings. The molecule has 0 amide bonds. The van der Waals surface area contributed by atoms with Crippen LogP contribution in [-0.2, 0) is 0 Å². The van der Waals surface area contributed by atoms with Gasteiger partial charge in [0.15, 0.2) is 0 Å². The Morgan fingerprint density at radius 2 is 2.10 bits per heavy atom. The monoisotopic (exact) mass is 346 g/mol. The van der Waals surface area contributed by atoms with E-state index in [-0.39, 0.29) is 6.04 Å². The van der Waals surface area contributed by atoms with Gasteiger partial charge in [0.2, 0.25) is 0 Å². The molecular weight excluding hydrogens is 332 g/mol. The second-order valence-corrected chi connectivity index (χ2v) is 7.04. The van der Waals surface area contributed by atoms with Gasteiger partial charge in [0.05, 0.1) is 15.3 Å². The van der Waals surface area contributed by atoms with Crippen molar-refractivity contribution < 1.29 is 0 Å². The van der Waals surface area contributed by atoms with Crippen LogP contribution in [0.4, 0.5) is 0 Å². The van der Waals surface area contributed by atoms with Crippen molar-refractivity contribution in [3.63, 3.8) is 0 Å². The zero-order valence-corrected chi connectivity index (χ0v) is 13.5. The third kappa shape index (κ3) is 2.64. The molecule has 0 spiro atoms. The highest BCUT2D eigenvalue weighted by molar-refractivity contribution is 9.11. The first-order valence-electron chi connectivity index (χ1n) is 6.62. The fourth-order valence-electron chi connectivity index (χ4n) is 2.43.